The van der Waals surface area contributed by atoms with Gasteiger partial charge in [-0.25, -0.2) is 4.57 Å². The van der Waals surface area contributed by atoms with Crippen molar-refractivity contribution in [3.63, 3.8) is 0 Å². The first kappa shape index (κ1) is 62.4. The van der Waals surface area contributed by atoms with Crippen molar-refractivity contribution in [3.8, 4) is 0 Å². The van der Waals surface area contributed by atoms with E-state index in [1.807, 2.05) is 0 Å². The number of hydrogen-bond acceptors (Lipinski definition) is 8. The molecule has 0 aromatic rings. The number of ether oxygens (including phenoxy) is 2. The van der Waals surface area contributed by atoms with Gasteiger partial charge in [0, 0.05) is 19.4 Å². The van der Waals surface area contributed by atoms with Crippen LogP contribution in [0.25, 0.3) is 0 Å². The maximum Gasteiger partial charge on any atom is 0.472 e. The summed E-state index contributed by atoms with van der Waals surface area (Å²) in [5.41, 5.74) is 5.36. The standard InChI is InChI=1S/C56H92NO8P/c1-3-5-7-9-11-13-15-17-19-21-22-23-24-25-26-27-28-29-30-31-32-33-35-37-39-41-43-45-47-49-56(59)65-54(53-64-66(60,61)63-51-50-57)52-62-55(58)48-46-44-42-40-38-36-34-20-18-16-14-12-10-8-6-4-2/h5,7,11,13-14,16-17,19-20,22-23,25-26,28-29,31-32,34-35,37,54H,3-4,6,8-10,12,15,18,21,24,27,30,33,36,38-53,57H2,1-2H3,(H,60,61)/b7-5-,13-11-,16-14-,19-17-,23-22-,26-25-,29-28-,32-31-,34-20-,37-35-. The molecule has 9 nitrogen and oxygen atoms in total. The van der Waals surface area contributed by atoms with Crippen LogP contribution in [0.1, 0.15) is 187 Å². The minimum Gasteiger partial charge on any atom is -0.462 e. The van der Waals surface area contributed by atoms with Crippen LogP contribution in [0.5, 0.6) is 0 Å². The number of unbranched alkanes of at least 4 members (excludes halogenated alkanes) is 13. The van der Waals surface area contributed by atoms with Crippen molar-refractivity contribution in [2.75, 3.05) is 26.4 Å². The van der Waals surface area contributed by atoms with Gasteiger partial charge in [0.2, 0.25) is 0 Å². The number of hydrogen-bond donors (Lipinski definition) is 2. The molecule has 10 heteroatoms. The van der Waals surface area contributed by atoms with Crippen LogP contribution in [-0.4, -0.2) is 49.3 Å². The van der Waals surface area contributed by atoms with E-state index in [-0.39, 0.29) is 32.6 Å². The van der Waals surface area contributed by atoms with Crippen molar-refractivity contribution in [1.82, 2.24) is 0 Å². The van der Waals surface area contributed by atoms with Gasteiger partial charge in [-0.15, -0.1) is 0 Å². The summed E-state index contributed by atoms with van der Waals surface area (Å²) >= 11 is 0. The largest absolute Gasteiger partial charge is 0.472 e. The summed E-state index contributed by atoms with van der Waals surface area (Å²) in [6, 6.07) is 0. The van der Waals surface area contributed by atoms with Gasteiger partial charge in [-0.2, -0.15) is 0 Å². The van der Waals surface area contributed by atoms with Crippen LogP contribution in [0, 0.1) is 0 Å². The smallest absolute Gasteiger partial charge is 0.462 e. The van der Waals surface area contributed by atoms with Gasteiger partial charge in [0.15, 0.2) is 6.10 Å². The van der Waals surface area contributed by atoms with E-state index in [0.29, 0.717) is 12.8 Å². The number of allylic oxidation sites excluding steroid dienone is 20. The molecule has 0 fully saturated rings. The molecule has 0 spiro atoms. The van der Waals surface area contributed by atoms with E-state index >= 15 is 0 Å². The van der Waals surface area contributed by atoms with E-state index in [4.69, 9.17) is 24.3 Å². The van der Waals surface area contributed by atoms with E-state index in [2.05, 4.69) is 135 Å². The highest BCUT2D eigenvalue weighted by atomic mass is 31.2. The highest BCUT2D eigenvalue weighted by Crippen LogP contribution is 2.43. The molecule has 0 radical (unpaired) electrons. The summed E-state index contributed by atoms with van der Waals surface area (Å²) in [6.45, 7) is 3.54. The summed E-state index contributed by atoms with van der Waals surface area (Å²) < 4.78 is 32.9. The molecule has 0 rings (SSSR count). The van der Waals surface area contributed by atoms with Gasteiger partial charge >= 0.3 is 19.8 Å². The Morgan fingerprint density at radius 3 is 1.24 bits per heavy atom. The normalized spacial score (nSPS) is 14.2. The van der Waals surface area contributed by atoms with Gasteiger partial charge in [-0.05, 0) is 109 Å². The van der Waals surface area contributed by atoms with Gasteiger partial charge in [0.1, 0.15) is 6.61 Å². The zero-order valence-corrected chi connectivity index (χ0v) is 42.3. The first-order valence-corrected chi connectivity index (χ1v) is 27.0. The first-order chi connectivity index (χ1) is 32.3. The maximum absolute atomic E-state index is 12.6. The molecule has 2 unspecified atom stereocenters. The number of phosphoric acid groups is 1. The van der Waals surface area contributed by atoms with E-state index < -0.39 is 32.5 Å². The molecule has 0 heterocycles. The van der Waals surface area contributed by atoms with Gasteiger partial charge in [0.05, 0.1) is 13.2 Å². The van der Waals surface area contributed by atoms with E-state index in [0.717, 1.165) is 116 Å². The van der Waals surface area contributed by atoms with Crippen molar-refractivity contribution >= 4 is 19.8 Å². The second-order valence-electron chi connectivity index (χ2n) is 16.3. The SMILES string of the molecule is CC/C=C\C/C=C\C/C=C\C/C=C\C/C=C\C/C=C\C/C=C\C/C=C\CCCCCCC(=O)OC(COC(=O)CCCCCCC/C=C\C/C=C\CCCCCC)COP(=O)(O)OCCN. The minimum atomic E-state index is -4.40. The molecule has 3 N–H and O–H groups in total. The number of carbonyl (C=O) groups excluding carboxylic acids is 2. The summed E-state index contributed by atoms with van der Waals surface area (Å²) in [4.78, 5) is 35.0. The molecule has 0 saturated heterocycles. The van der Waals surface area contributed by atoms with Crippen molar-refractivity contribution in [3.05, 3.63) is 122 Å². The lowest BCUT2D eigenvalue weighted by Crippen LogP contribution is -2.29. The van der Waals surface area contributed by atoms with Crippen LogP contribution in [-0.2, 0) is 32.7 Å². The van der Waals surface area contributed by atoms with Crippen molar-refractivity contribution < 1.29 is 37.6 Å². The Kier molecular flexibility index (Phi) is 48.1. The van der Waals surface area contributed by atoms with E-state index in [1.165, 1.54) is 32.1 Å². The Morgan fingerprint density at radius 2 is 0.833 bits per heavy atom. The van der Waals surface area contributed by atoms with Crippen molar-refractivity contribution in [2.45, 2.75) is 193 Å². The third-order valence-corrected chi connectivity index (χ3v) is 11.1. The lowest BCUT2D eigenvalue weighted by Gasteiger charge is -2.19. The molecule has 374 valence electrons. The average molecular weight is 938 g/mol. The van der Waals surface area contributed by atoms with Crippen LogP contribution >= 0.6 is 7.82 Å². The molecule has 2 atom stereocenters. The molecule has 0 amide bonds. The number of rotatable bonds is 46. The lowest BCUT2D eigenvalue weighted by molar-refractivity contribution is -0.161. The van der Waals surface area contributed by atoms with E-state index in [9.17, 15) is 19.0 Å². The Balaban J connectivity index is 4.17. The topological polar surface area (TPSA) is 134 Å². The number of phosphoric ester groups is 1. The molecule has 0 aromatic carbocycles. The Bertz CT molecular complexity index is 1490. The van der Waals surface area contributed by atoms with Gasteiger partial charge in [0.25, 0.3) is 0 Å². The maximum atomic E-state index is 12.6. The summed E-state index contributed by atoms with van der Waals surface area (Å²) in [5, 5.41) is 0. The zero-order chi connectivity index (χ0) is 48.1. The highest BCUT2D eigenvalue weighted by Gasteiger charge is 2.26. The Hall–Kier alpha value is -3.59. The van der Waals surface area contributed by atoms with Crippen LogP contribution in [0.4, 0.5) is 0 Å². The Labute approximate surface area is 402 Å². The highest BCUT2D eigenvalue weighted by molar-refractivity contribution is 7.47. The van der Waals surface area contributed by atoms with E-state index in [1.54, 1.807) is 0 Å². The number of carbonyl (C=O) groups is 2. The predicted octanol–water partition coefficient (Wildman–Crippen LogP) is 15.7. The monoisotopic (exact) mass is 938 g/mol. The molecular weight excluding hydrogens is 846 g/mol. The molecule has 0 aliphatic rings. The van der Waals surface area contributed by atoms with Gasteiger partial charge < -0.3 is 20.1 Å². The van der Waals surface area contributed by atoms with Crippen LogP contribution in [0.3, 0.4) is 0 Å². The number of esters is 2. The molecule has 0 aliphatic carbocycles. The molecule has 66 heavy (non-hydrogen) atoms. The van der Waals surface area contributed by atoms with Crippen molar-refractivity contribution in [1.29, 1.82) is 0 Å². The molecule has 0 bridgehead atoms. The molecule has 0 aliphatic heterocycles. The second-order valence-corrected chi connectivity index (χ2v) is 17.8. The molecular formula is C56H92NO8P. The van der Waals surface area contributed by atoms with Gasteiger partial charge in [-0.3, -0.25) is 18.6 Å². The van der Waals surface area contributed by atoms with Crippen LogP contribution in [0.15, 0.2) is 122 Å². The molecule has 0 aromatic heterocycles. The van der Waals surface area contributed by atoms with Crippen LogP contribution < -0.4 is 5.73 Å². The fraction of sp³-hybridized carbons (Fsp3) is 0.607. The fourth-order valence-electron chi connectivity index (χ4n) is 6.33. The predicted molar refractivity (Wildman–Crippen MR) is 279 cm³/mol. The summed E-state index contributed by atoms with van der Waals surface area (Å²) in [6.07, 6.45) is 69.5. The summed E-state index contributed by atoms with van der Waals surface area (Å²) in [5.74, 6) is -0.884. The lowest BCUT2D eigenvalue weighted by atomic mass is 10.1. The van der Waals surface area contributed by atoms with Gasteiger partial charge in [-0.1, -0.05) is 187 Å². The fourth-order valence-corrected chi connectivity index (χ4v) is 7.09. The van der Waals surface area contributed by atoms with Crippen LogP contribution in [0.2, 0.25) is 0 Å². The second kappa shape index (κ2) is 50.8. The third-order valence-electron chi connectivity index (χ3n) is 10.1. The Morgan fingerprint density at radius 1 is 0.470 bits per heavy atom. The zero-order valence-electron chi connectivity index (χ0n) is 41.4. The minimum absolute atomic E-state index is 0.0398. The number of nitrogens with two attached hydrogens (primary N) is 1. The quantitative estimate of drug-likeness (QED) is 0.0265. The third kappa shape index (κ3) is 49.8. The average Bonchev–Trinajstić information content (AvgIpc) is 3.31. The molecule has 0 saturated carbocycles. The summed E-state index contributed by atoms with van der Waals surface area (Å²) in [7, 11) is -4.40. The first-order valence-electron chi connectivity index (χ1n) is 25.5. The van der Waals surface area contributed by atoms with Crippen molar-refractivity contribution in [2.24, 2.45) is 5.73 Å².